The molecule has 2 heterocycles. The Kier molecular flexibility index (Phi) is 6.56. The number of allylic oxidation sites excluding steroid dienone is 1. The fourth-order valence-corrected chi connectivity index (χ4v) is 2.93. The second-order valence-electron chi connectivity index (χ2n) is 6.96. The van der Waals surface area contributed by atoms with Gasteiger partial charge in [0.25, 0.3) is 5.91 Å². The van der Waals surface area contributed by atoms with E-state index in [9.17, 15) is 9.18 Å². The van der Waals surface area contributed by atoms with E-state index in [-0.39, 0.29) is 11.7 Å². The summed E-state index contributed by atoms with van der Waals surface area (Å²) in [5.74, 6) is -0.962. The summed E-state index contributed by atoms with van der Waals surface area (Å²) in [4.78, 5) is 22.1. The Balaban J connectivity index is 1.94. The first-order valence-corrected chi connectivity index (χ1v) is 9.69. The number of nitrogens with one attached hydrogen (secondary N) is 2. The minimum Gasteiger partial charge on any atom is -0.388 e. The standard InChI is InChI=1S/C22H25FN6O/c1-5-16-8-20(15-11-27-29(4)13-15)26-10-14(2)18(12-25-16)22(30)28-21-9-17(24-3)6-7-19(21)23/h6-13,16,24H,5H2,1-4H3,(H,28,30)/b18-14-,20-8-,25-12?,26-10-. The van der Waals surface area contributed by atoms with Crippen molar-refractivity contribution in [1.82, 2.24) is 9.78 Å². The number of aliphatic imine (C=N–C) groups is 2. The van der Waals surface area contributed by atoms with Crippen LogP contribution in [0, 0.1) is 5.82 Å². The summed E-state index contributed by atoms with van der Waals surface area (Å²) < 4.78 is 15.9. The molecule has 1 aromatic carbocycles. The van der Waals surface area contributed by atoms with Gasteiger partial charge in [0.05, 0.1) is 29.2 Å². The van der Waals surface area contributed by atoms with Crippen molar-refractivity contribution in [2.24, 2.45) is 17.0 Å². The van der Waals surface area contributed by atoms with Gasteiger partial charge in [-0.1, -0.05) is 6.92 Å². The third-order valence-electron chi connectivity index (χ3n) is 4.73. The highest BCUT2D eigenvalue weighted by Gasteiger charge is 2.16. The van der Waals surface area contributed by atoms with Gasteiger partial charge in [0, 0.05) is 44.0 Å². The number of hydrogen-bond acceptors (Lipinski definition) is 5. The van der Waals surface area contributed by atoms with Gasteiger partial charge in [-0.2, -0.15) is 5.10 Å². The largest absolute Gasteiger partial charge is 0.388 e. The van der Waals surface area contributed by atoms with Crippen molar-refractivity contribution in [1.29, 1.82) is 0 Å². The molecule has 1 aliphatic rings. The molecular formula is C22H25FN6O. The maximum absolute atomic E-state index is 14.2. The number of hydrogen-bond donors (Lipinski definition) is 2. The predicted octanol–water partition coefficient (Wildman–Crippen LogP) is 3.83. The second kappa shape index (κ2) is 9.30. The van der Waals surface area contributed by atoms with Crippen LogP contribution in [0.15, 0.2) is 57.8 Å². The van der Waals surface area contributed by atoms with Gasteiger partial charge in [-0.05, 0) is 43.2 Å². The zero-order chi connectivity index (χ0) is 21.7. The van der Waals surface area contributed by atoms with E-state index in [0.29, 0.717) is 16.8 Å². The number of carbonyl (C=O) groups excluding carboxylic acids is 1. The van der Waals surface area contributed by atoms with E-state index in [1.165, 1.54) is 12.3 Å². The number of rotatable bonds is 5. The maximum Gasteiger partial charge on any atom is 0.257 e. The van der Waals surface area contributed by atoms with E-state index < -0.39 is 11.7 Å². The Bertz CT molecular complexity index is 1060. The van der Waals surface area contributed by atoms with Crippen LogP contribution < -0.4 is 10.6 Å². The normalized spacial score (nSPS) is 21.8. The Morgan fingerprint density at radius 2 is 2.10 bits per heavy atom. The Morgan fingerprint density at radius 1 is 1.30 bits per heavy atom. The van der Waals surface area contributed by atoms with E-state index in [1.54, 1.807) is 43.2 Å². The molecule has 0 spiro atoms. The van der Waals surface area contributed by atoms with Gasteiger partial charge >= 0.3 is 0 Å². The van der Waals surface area contributed by atoms with Crippen LogP contribution >= 0.6 is 0 Å². The highest BCUT2D eigenvalue weighted by Crippen LogP contribution is 2.22. The number of benzene rings is 1. The monoisotopic (exact) mass is 408 g/mol. The number of aromatic nitrogens is 2. The summed E-state index contributed by atoms with van der Waals surface area (Å²) in [6, 6.07) is 4.29. The van der Waals surface area contributed by atoms with Crippen molar-refractivity contribution in [2.45, 2.75) is 26.3 Å². The SMILES string of the molecule is CCC1\C=C(c2cnn(C)c2)/N=C\C(C)=C(/C(=O)Nc2cc(NC)ccc2F)C=N1. The number of carbonyl (C=O) groups is 1. The molecule has 0 saturated carbocycles. The first-order chi connectivity index (χ1) is 14.4. The van der Waals surface area contributed by atoms with Crippen molar-refractivity contribution >= 4 is 35.4 Å². The lowest BCUT2D eigenvalue weighted by molar-refractivity contribution is -0.112. The quantitative estimate of drug-likeness (QED) is 0.789. The minimum atomic E-state index is -0.513. The first-order valence-electron chi connectivity index (χ1n) is 9.69. The molecule has 156 valence electrons. The number of aryl methyl sites for hydroxylation is 1. The molecule has 1 aliphatic heterocycles. The molecule has 1 amide bonds. The molecule has 30 heavy (non-hydrogen) atoms. The third-order valence-corrected chi connectivity index (χ3v) is 4.73. The summed E-state index contributed by atoms with van der Waals surface area (Å²) in [6.45, 7) is 3.79. The van der Waals surface area contributed by atoms with Gasteiger partial charge in [-0.25, -0.2) is 4.39 Å². The van der Waals surface area contributed by atoms with E-state index in [4.69, 9.17) is 0 Å². The van der Waals surface area contributed by atoms with Gasteiger partial charge in [-0.15, -0.1) is 0 Å². The summed E-state index contributed by atoms with van der Waals surface area (Å²) >= 11 is 0. The van der Waals surface area contributed by atoms with Gasteiger partial charge in [0.2, 0.25) is 0 Å². The number of amides is 1. The molecule has 1 unspecified atom stereocenters. The van der Waals surface area contributed by atoms with E-state index in [1.807, 2.05) is 26.2 Å². The highest BCUT2D eigenvalue weighted by molar-refractivity contribution is 6.21. The third kappa shape index (κ3) is 4.89. The van der Waals surface area contributed by atoms with Crippen LogP contribution in [0.25, 0.3) is 5.70 Å². The van der Waals surface area contributed by atoms with Gasteiger partial charge in [0.15, 0.2) is 0 Å². The maximum atomic E-state index is 14.2. The lowest BCUT2D eigenvalue weighted by atomic mass is 10.1. The van der Waals surface area contributed by atoms with Crippen LogP contribution in [0.4, 0.5) is 15.8 Å². The van der Waals surface area contributed by atoms with Crippen LogP contribution in [-0.2, 0) is 11.8 Å². The molecule has 0 aliphatic carbocycles. The van der Waals surface area contributed by atoms with Crippen LogP contribution in [0.1, 0.15) is 25.8 Å². The molecule has 1 atom stereocenters. The number of anilines is 2. The smallest absolute Gasteiger partial charge is 0.257 e. The van der Waals surface area contributed by atoms with Crippen molar-refractivity contribution in [3.63, 3.8) is 0 Å². The molecule has 7 nitrogen and oxygen atoms in total. The fourth-order valence-electron chi connectivity index (χ4n) is 2.93. The predicted molar refractivity (Wildman–Crippen MR) is 120 cm³/mol. The van der Waals surface area contributed by atoms with Gasteiger partial charge < -0.3 is 10.6 Å². The average molecular weight is 408 g/mol. The Hall–Kier alpha value is -3.55. The van der Waals surface area contributed by atoms with Crippen LogP contribution in [0.3, 0.4) is 0 Å². The topological polar surface area (TPSA) is 83.7 Å². The van der Waals surface area contributed by atoms with Gasteiger partial charge in [0.1, 0.15) is 5.82 Å². The lowest BCUT2D eigenvalue weighted by Gasteiger charge is -2.10. The van der Waals surface area contributed by atoms with Crippen molar-refractivity contribution in [3.05, 3.63) is 59.2 Å². The second-order valence-corrected chi connectivity index (χ2v) is 6.96. The van der Waals surface area contributed by atoms with Crippen LogP contribution in [-0.4, -0.2) is 41.2 Å². The molecule has 0 bridgehead atoms. The average Bonchev–Trinajstić information content (AvgIpc) is 3.19. The molecule has 3 rings (SSSR count). The van der Waals surface area contributed by atoms with E-state index in [0.717, 1.165) is 17.7 Å². The zero-order valence-electron chi connectivity index (χ0n) is 17.5. The summed E-state index contributed by atoms with van der Waals surface area (Å²) in [7, 11) is 3.57. The Labute approximate surface area is 175 Å². The molecule has 0 fully saturated rings. The van der Waals surface area contributed by atoms with Crippen molar-refractivity contribution < 1.29 is 9.18 Å². The fraction of sp³-hybridized carbons (Fsp3) is 0.273. The van der Waals surface area contributed by atoms with Crippen LogP contribution in [0.5, 0.6) is 0 Å². The highest BCUT2D eigenvalue weighted by atomic mass is 19.1. The molecular weight excluding hydrogens is 383 g/mol. The molecule has 0 saturated heterocycles. The molecule has 2 N–H and O–H groups in total. The molecule has 8 heteroatoms. The number of nitrogens with zero attached hydrogens (tertiary/aromatic N) is 4. The van der Waals surface area contributed by atoms with Crippen molar-refractivity contribution in [2.75, 3.05) is 17.7 Å². The molecule has 2 aromatic rings. The summed E-state index contributed by atoms with van der Waals surface area (Å²) in [5, 5.41) is 9.76. The van der Waals surface area contributed by atoms with E-state index in [2.05, 4.69) is 25.7 Å². The van der Waals surface area contributed by atoms with Crippen molar-refractivity contribution in [3.8, 4) is 0 Å². The lowest BCUT2D eigenvalue weighted by Crippen LogP contribution is -2.18. The minimum absolute atomic E-state index is 0.0959. The summed E-state index contributed by atoms with van der Waals surface area (Å²) in [6.07, 6.45) is 9.46. The zero-order valence-corrected chi connectivity index (χ0v) is 17.5. The first kappa shape index (κ1) is 21.2. The Morgan fingerprint density at radius 3 is 2.77 bits per heavy atom. The molecule has 1 aromatic heterocycles. The molecule has 0 radical (unpaired) electrons. The van der Waals surface area contributed by atoms with Gasteiger partial charge in [-0.3, -0.25) is 19.5 Å². The van der Waals surface area contributed by atoms with Crippen LogP contribution in [0.2, 0.25) is 0 Å². The summed E-state index contributed by atoms with van der Waals surface area (Å²) in [5.41, 5.74) is 3.34. The van der Waals surface area contributed by atoms with E-state index >= 15 is 0 Å². The number of halogens is 1.